The third-order valence-corrected chi connectivity index (χ3v) is 6.17. The number of allylic oxidation sites excluding steroid dienone is 1. The van der Waals surface area contributed by atoms with Crippen molar-refractivity contribution >= 4 is 34.3 Å². The van der Waals surface area contributed by atoms with Gasteiger partial charge in [0.05, 0.1) is 15.6 Å². The van der Waals surface area contributed by atoms with Crippen LogP contribution in [-0.2, 0) is 21.2 Å². The minimum Gasteiger partial charge on any atom is -0.481 e. The summed E-state index contributed by atoms with van der Waals surface area (Å²) in [6.07, 6.45) is 5.52. The van der Waals surface area contributed by atoms with Gasteiger partial charge in [-0.3, -0.25) is 9.52 Å². The van der Waals surface area contributed by atoms with Crippen LogP contribution in [0.4, 0.5) is 0 Å². The number of unbranched alkanes of at least 4 members (excludes halogenated alkanes) is 3. The Bertz CT molecular complexity index is 1000. The van der Waals surface area contributed by atoms with Crippen molar-refractivity contribution in [3.8, 4) is 0 Å². The van der Waals surface area contributed by atoms with Gasteiger partial charge in [0.2, 0.25) is 0 Å². The average molecular weight is 447 g/mol. The number of aryl methyl sites for hydroxylation is 1. The molecule has 0 fully saturated rings. The minimum absolute atomic E-state index is 0.0627. The van der Waals surface area contributed by atoms with Gasteiger partial charge in [0.1, 0.15) is 0 Å². The molecule has 8 heteroatoms. The zero-order chi connectivity index (χ0) is 22.0. The van der Waals surface area contributed by atoms with E-state index in [4.69, 9.17) is 10.5 Å². The lowest BCUT2D eigenvalue weighted by Gasteiger charge is -2.10. The number of aliphatic carboxylic acids is 1. The molecule has 0 aliphatic carbocycles. The number of carboxylic acid groups (broad SMARTS) is 1. The number of carboxylic acids is 1. The largest absolute Gasteiger partial charge is 0.481 e. The molecule has 2 aromatic rings. The van der Waals surface area contributed by atoms with E-state index in [2.05, 4.69) is 17.4 Å². The standard InChI is InChI=1S/C22H26N2O4S2/c23-20(18-11-5-3-6-12-18)16-21(29)24-30(27,28)19-13-8-10-17(15-19)9-4-1-2-7-14-22(25)26/h3,5-6,8,10-13,15-16,23-24,29H,1-2,4,7,9,14H2,(H,25,26)/b21-16-,23-20?. The highest BCUT2D eigenvalue weighted by Crippen LogP contribution is 2.16. The van der Waals surface area contributed by atoms with Gasteiger partial charge in [0, 0.05) is 6.42 Å². The molecule has 0 heterocycles. The quantitative estimate of drug-likeness (QED) is 0.220. The summed E-state index contributed by atoms with van der Waals surface area (Å²) in [5.74, 6) is -0.781. The highest BCUT2D eigenvalue weighted by Gasteiger charge is 2.15. The fourth-order valence-electron chi connectivity index (χ4n) is 2.89. The van der Waals surface area contributed by atoms with Gasteiger partial charge in [-0.2, -0.15) is 0 Å². The molecule has 0 aliphatic rings. The topological polar surface area (TPSA) is 107 Å². The average Bonchev–Trinajstić information content (AvgIpc) is 2.70. The first-order valence-electron chi connectivity index (χ1n) is 9.66. The SMILES string of the molecule is N=C(/C=C(\S)NS(=O)(=O)c1cccc(CCCCCCC(=O)O)c1)c1ccccc1. The van der Waals surface area contributed by atoms with Crippen molar-refractivity contribution in [1.82, 2.24) is 4.72 Å². The lowest BCUT2D eigenvalue weighted by molar-refractivity contribution is -0.137. The number of carbonyl (C=O) groups is 1. The van der Waals surface area contributed by atoms with Crippen LogP contribution in [0.1, 0.15) is 43.2 Å². The summed E-state index contributed by atoms with van der Waals surface area (Å²) in [7, 11) is -3.82. The molecule has 0 aromatic heterocycles. The van der Waals surface area contributed by atoms with Crippen molar-refractivity contribution in [3.63, 3.8) is 0 Å². The number of sulfonamides is 1. The summed E-state index contributed by atoms with van der Waals surface area (Å²) < 4.78 is 27.7. The van der Waals surface area contributed by atoms with Gasteiger partial charge in [-0.15, -0.1) is 12.6 Å². The van der Waals surface area contributed by atoms with Gasteiger partial charge in [-0.05, 0) is 48.6 Å². The first kappa shape index (κ1) is 23.7. The summed E-state index contributed by atoms with van der Waals surface area (Å²) in [5.41, 5.74) is 1.71. The van der Waals surface area contributed by atoms with Gasteiger partial charge in [-0.1, -0.05) is 55.3 Å². The molecular formula is C22H26N2O4S2. The molecule has 0 saturated heterocycles. The zero-order valence-corrected chi connectivity index (χ0v) is 18.3. The van der Waals surface area contributed by atoms with E-state index in [1.807, 2.05) is 12.1 Å². The van der Waals surface area contributed by atoms with E-state index in [1.165, 1.54) is 12.1 Å². The molecule has 0 unspecified atom stereocenters. The Morgan fingerprint density at radius 3 is 2.43 bits per heavy atom. The number of hydrogen-bond acceptors (Lipinski definition) is 5. The normalized spacial score (nSPS) is 11.8. The maximum absolute atomic E-state index is 12.7. The summed E-state index contributed by atoms with van der Waals surface area (Å²) in [5, 5.41) is 16.8. The van der Waals surface area contributed by atoms with Crippen LogP contribution >= 0.6 is 12.6 Å². The number of nitrogens with one attached hydrogen (secondary N) is 2. The molecule has 30 heavy (non-hydrogen) atoms. The van der Waals surface area contributed by atoms with E-state index in [1.54, 1.807) is 36.4 Å². The lowest BCUT2D eigenvalue weighted by atomic mass is 10.1. The van der Waals surface area contributed by atoms with Crippen molar-refractivity contribution in [1.29, 1.82) is 5.41 Å². The van der Waals surface area contributed by atoms with Crippen LogP contribution in [0, 0.1) is 5.41 Å². The van der Waals surface area contributed by atoms with Crippen molar-refractivity contribution in [3.05, 3.63) is 76.8 Å². The number of hydrogen-bond donors (Lipinski definition) is 4. The Morgan fingerprint density at radius 2 is 1.73 bits per heavy atom. The van der Waals surface area contributed by atoms with Gasteiger partial charge in [0.25, 0.3) is 10.0 Å². The van der Waals surface area contributed by atoms with Gasteiger partial charge >= 0.3 is 5.97 Å². The van der Waals surface area contributed by atoms with Crippen LogP contribution in [0.25, 0.3) is 0 Å². The van der Waals surface area contributed by atoms with Crippen LogP contribution in [-0.4, -0.2) is 25.2 Å². The fourth-order valence-corrected chi connectivity index (χ4v) is 4.40. The highest BCUT2D eigenvalue weighted by atomic mass is 32.2. The molecule has 0 bridgehead atoms. The molecule has 0 spiro atoms. The number of rotatable bonds is 12. The van der Waals surface area contributed by atoms with Gasteiger partial charge in [0.15, 0.2) is 0 Å². The first-order chi connectivity index (χ1) is 14.3. The molecule has 2 aromatic carbocycles. The zero-order valence-electron chi connectivity index (χ0n) is 16.5. The Hall–Kier alpha value is -2.58. The Kier molecular flexibility index (Phi) is 9.14. The first-order valence-corrected chi connectivity index (χ1v) is 11.6. The van der Waals surface area contributed by atoms with Crippen molar-refractivity contribution in [2.24, 2.45) is 0 Å². The molecule has 0 aliphatic heterocycles. The molecular weight excluding hydrogens is 420 g/mol. The highest BCUT2D eigenvalue weighted by molar-refractivity contribution is 7.91. The van der Waals surface area contributed by atoms with Crippen LogP contribution in [0.3, 0.4) is 0 Å². The summed E-state index contributed by atoms with van der Waals surface area (Å²) in [6.45, 7) is 0. The van der Waals surface area contributed by atoms with Crippen LogP contribution < -0.4 is 4.72 Å². The second kappa shape index (κ2) is 11.6. The maximum atomic E-state index is 12.7. The Balaban J connectivity index is 1.95. The Labute approximate surface area is 183 Å². The molecule has 0 atom stereocenters. The molecule has 160 valence electrons. The third-order valence-electron chi connectivity index (χ3n) is 4.42. The maximum Gasteiger partial charge on any atom is 0.303 e. The van der Waals surface area contributed by atoms with Crippen molar-refractivity contribution < 1.29 is 18.3 Å². The summed E-state index contributed by atoms with van der Waals surface area (Å²) in [4.78, 5) is 10.6. The summed E-state index contributed by atoms with van der Waals surface area (Å²) in [6, 6.07) is 15.7. The third kappa shape index (κ3) is 8.04. The number of benzene rings is 2. The molecule has 6 nitrogen and oxygen atoms in total. The van der Waals surface area contributed by atoms with E-state index < -0.39 is 16.0 Å². The van der Waals surface area contributed by atoms with E-state index in [0.717, 1.165) is 31.2 Å². The lowest BCUT2D eigenvalue weighted by Crippen LogP contribution is -2.21. The van der Waals surface area contributed by atoms with E-state index in [9.17, 15) is 13.2 Å². The van der Waals surface area contributed by atoms with Crippen molar-refractivity contribution in [2.75, 3.05) is 0 Å². The minimum atomic E-state index is -3.82. The molecule has 2 rings (SSSR count). The monoisotopic (exact) mass is 446 g/mol. The van der Waals surface area contributed by atoms with Crippen LogP contribution in [0.2, 0.25) is 0 Å². The fraction of sp³-hybridized carbons (Fsp3) is 0.273. The second-order valence-electron chi connectivity index (χ2n) is 6.87. The number of thiol groups is 1. The smallest absolute Gasteiger partial charge is 0.303 e. The predicted molar refractivity (Wildman–Crippen MR) is 122 cm³/mol. The summed E-state index contributed by atoms with van der Waals surface area (Å²) >= 11 is 4.18. The van der Waals surface area contributed by atoms with E-state index in [-0.39, 0.29) is 22.1 Å². The van der Waals surface area contributed by atoms with E-state index >= 15 is 0 Å². The molecule has 0 radical (unpaired) electrons. The van der Waals surface area contributed by atoms with Gasteiger partial charge < -0.3 is 10.5 Å². The van der Waals surface area contributed by atoms with E-state index in [0.29, 0.717) is 12.0 Å². The molecule has 3 N–H and O–H groups in total. The van der Waals surface area contributed by atoms with Gasteiger partial charge in [-0.25, -0.2) is 8.42 Å². The van der Waals surface area contributed by atoms with Crippen LogP contribution in [0.15, 0.2) is 70.6 Å². The molecule has 0 saturated carbocycles. The second-order valence-corrected chi connectivity index (χ2v) is 9.03. The Morgan fingerprint density at radius 1 is 1.03 bits per heavy atom. The predicted octanol–water partition coefficient (Wildman–Crippen LogP) is 4.38. The van der Waals surface area contributed by atoms with Crippen LogP contribution in [0.5, 0.6) is 0 Å². The molecule has 0 amide bonds. The van der Waals surface area contributed by atoms with Crippen molar-refractivity contribution in [2.45, 2.75) is 43.4 Å².